The normalized spacial score (nSPS) is 16.3. The molecule has 0 bridgehead atoms. The van der Waals surface area contributed by atoms with Gasteiger partial charge in [0.2, 0.25) is 0 Å². The number of pyridine rings is 1. The van der Waals surface area contributed by atoms with Gasteiger partial charge in [-0.1, -0.05) is 6.07 Å². The van der Waals surface area contributed by atoms with E-state index >= 15 is 0 Å². The van der Waals surface area contributed by atoms with Crippen molar-refractivity contribution in [2.75, 3.05) is 18.4 Å². The number of rotatable bonds is 5. The molecule has 0 spiro atoms. The maximum atomic E-state index is 12.1. The molecule has 0 atom stereocenters. The molecule has 0 radical (unpaired) electrons. The molecular weight excluding hydrogens is 386 g/mol. The van der Waals surface area contributed by atoms with Crippen LogP contribution in [-0.2, 0) is 16.8 Å². The number of anilines is 2. The Balaban J connectivity index is 1.80. The average molecular weight is 415 g/mol. The van der Waals surface area contributed by atoms with Gasteiger partial charge in [0.15, 0.2) is 0 Å². The molecular formula is C21H29N5O4. The van der Waals surface area contributed by atoms with Crippen LogP contribution in [0.4, 0.5) is 16.4 Å². The Labute approximate surface area is 175 Å². The third-order valence-corrected chi connectivity index (χ3v) is 5.49. The molecule has 3 N–H and O–H groups in total. The number of nitrogens with zero attached hydrogens (tertiary/aromatic N) is 4. The van der Waals surface area contributed by atoms with Crippen LogP contribution in [0.3, 0.4) is 0 Å². The van der Waals surface area contributed by atoms with Gasteiger partial charge in [-0.05, 0) is 52.7 Å². The highest BCUT2D eigenvalue weighted by Gasteiger charge is 2.43. The SMILES string of the molecule is Cc1cc(Nc2cccc(CC3(C(=O)O)CCN(C(=O)O)CC3)n2)n(C(C)(C)C)n1. The van der Waals surface area contributed by atoms with E-state index < -0.39 is 17.5 Å². The van der Waals surface area contributed by atoms with Crippen LogP contribution < -0.4 is 5.32 Å². The van der Waals surface area contributed by atoms with Crippen molar-refractivity contribution >= 4 is 23.7 Å². The molecule has 1 fully saturated rings. The summed E-state index contributed by atoms with van der Waals surface area (Å²) < 4.78 is 1.90. The number of aliphatic carboxylic acids is 1. The van der Waals surface area contributed by atoms with Gasteiger partial charge in [-0.3, -0.25) is 4.79 Å². The number of aromatic nitrogens is 3. The molecule has 3 heterocycles. The van der Waals surface area contributed by atoms with Crippen LogP contribution in [0.5, 0.6) is 0 Å². The van der Waals surface area contributed by atoms with E-state index in [2.05, 4.69) is 36.2 Å². The van der Waals surface area contributed by atoms with Gasteiger partial charge in [-0.25, -0.2) is 14.5 Å². The molecule has 2 aromatic rings. The summed E-state index contributed by atoms with van der Waals surface area (Å²) in [4.78, 5) is 29.1. The first-order valence-electron chi connectivity index (χ1n) is 10.0. The fourth-order valence-electron chi connectivity index (χ4n) is 3.82. The molecule has 9 heteroatoms. The number of piperidine rings is 1. The fourth-order valence-corrected chi connectivity index (χ4v) is 3.82. The third-order valence-electron chi connectivity index (χ3n) is 5.49. The monoisotopic (exact) mass is 415 g/mol. The van der Waals surface area contributed by atoms with E-state index in [1.165, 1.54) is 4.90 Å². The third kappa shape index (κ3) is 4.55. The van der Waals surface area contributed by atoms with Gasteiger partial charge in [0.05, 0.1) is 16.6 Å². The molecule has 0 aliphatic carbocycles. The topological polar surface area (TPSA) is 121 Å². The van der Waals surface area contributed by atoms with E-state index in [-0.39, 0.29) is 37.9 Å². The number of hydrogen-bond donors (Lipinski definition) is 3. The maximum absolute atomic E-state index is 12.1. The number of nitrogens with one attached hydrogen (secondary N) is 1. The first-order chi connectivity index (χ1) is 14.0. The quantitative estimate of drug-likeness (QED) is 0.684. The lowest BCUT2D eigenvalue weighted by atomic mass is 9.75. The van der Waals surface area contributed by atoms with Gasteiger partial charge in [0.25, 0.3) is 0 Å². The summed E-state index contributed by atoms with van der Waals surface area (Å²) in [6, 6.07) is 7.43. The Kier molecular flexibility index (Phi) is 5.74. The Morgan fingerprint density at radius 3 is 2.43 bits per heavy atom. The molecule has 0 unspecified atom stereocenters. The minimum Gasteiger partial charge on any atom is -0.481 e. The molecule has 1 amide bonds. The van der Waals surface area contributed by atoms with Crippen molar-refractivity contribution in [1.29, 1.82) is 0 Å². The number of carboxylic acid groups (broad SMARTS) is 2. The van der Waals surface area contributed by atoms with Crippen LogP contribution in [0.1, 0.15) is 45.0 Å². The zero-order valence-corrected chi connectivity index (χ0v) is 17.8. The van der Waals surface area contributed by atoms with Gasteiger partial charge < -0.3 is 20.4 Å². The highest BCUT2D eigenvalue weighted by Crippen LogP contribution is 2.35. The Hall–Kier alpha value is -3.10. The zero-order valence-electron chi connectivity index (χ0n) is 17.8. The van der Waals surface area contributed by atoms with Crippen molar-refractivity contribution in [1.82, 2.24) is 19.7 Å². The van der Waals surface area contributed by atoms with Crippen molar-refractivity contribution in [2.24, 2.45) is 5.41 Å². The van der Waals surface area contributed by atoms with Gasteiger partial charge in [-0.2, -0.15) is 5.10 Å². The van der Waals surface area contributed by atoms with Crippen LogP contribution in [-0.4, -0.2) is 55.0 Å². The van der Waals surface area contributed by atoms with Crippen LogP contribution >= 0.6 is 0 Å². The predicted molar refractivity (Wildman–Crippen MR) is 112 cm³/mol. The summed E-state index contributed by atoms with van der Waals surface area (Å²) in [5.41, 5.74) is 0.324. The molecule has 0 aromatic carbocycles. The van der Waals surface area contributed by atoms with Gasteiger partial charge >= 0.3 is 12.1 Å². The van der Waals surface area contributed by atoms with E-state index in [0.717, 1.165) is 11.5 Å². The van der Waals surface area contributed by atoms with E-state index in [4.69, 9.17) is 5.11 Å². The van der Waals surface area contributed by atoms with Crippen LogP contribution in [0, 0.1) is 12.3 Å². The smallest absolute Gasteiger partial charge is 0.407 e. The molecule has 1 saturated heterocycles. The first-order valence-corrected chi connectivity index (χ1v) is 10.0. The predicted octanol–water partition coefficient (Wildman–Crippen LogP) is 3.47. The van der Waals surface area contributed by atoms with E-state index in [9.17, 15) is 14.7 Å². The van der Waals surface area contributed by atoms with Crippen molar-refractivity contribution in [3.63, 3.8) is 0 Å². The summed E-state index contributed by atoms with van der Waals surface area (Å²) in [7, 11) is 0. The number of carboxylic acids is 1. The fraction of sp³-hybridized carbons (Fsp3) is 0.524. The minimum atomic E-state index is -1.01. The largest absolute Gasteiger partial charge is 0.481 e. The average Bonchev–Trinajstić information content (AvgIpc) is 3.03. The lowest BCUT2D eigenvalue weighted by molar-refractivity contribution is -0.151. The second-order valence-corrected chi connectivity index (χ2v) is 8.92. The lowest BCUT2D eigenvalue weighted by Gasteiger charge is -2.37. The number of aryl methyl sites for hydroxylation is 1. The second kappa shape index (κ2) is 7.97. The van der Waals surface area contributed by atoms with Crippen LogP contribution in [0.15, 0.2) is 24.3 Å². The second-order valence-electron chi connectivity index (χ2n) is 8.92. The Morgan fingerprint density at radius 2 is 1.87 bits per heavy atom. The van der Waals surface area contributed by atoms with E-state index in [1.54, 1.807) is 0 Å². The highest BCUT2D eigenvalue weighted by molar-refractivity contribution is 5.76. The molecule has 1 aliphatic rings. The maximum Gasteiger partial charge on any atom is 0.407 e. The van der Waals surface area contributed by atoms with Crippen molar-refractivity contribution in [3.8, 4) is 0 Å². The standard InChI is InChI=1S/C21H29N5O4/c1-14-12-17(26(24-14)20(2,3)4)23-16-7-5-6-15(22-16)13-21(18(27)28)8-10-25(11-9-21)19(29)30/h5-7,12H,8-11,13H2,1-4H3,(H,22,23)(H,27,28)(H,29,30). The van der Waals surface area contributed by atoms with Crippen LogP contribution in [0.25, 0.3) is 0 Å². The molecule has 0 saturated carbocycles. The number of carbonyl (C=O) groups is 2. The van der Waals surface area contributed by atoms with Gasteiger partial charge in [0.1, 0.15) is 11.6 Å². The van der Waals surface area contributed by atoms with Crippen LogP contribution in [0.2, 0.25) is 0 Å². The minimum absolute atomic E-state index is 0.209. The van der Waals surface area contributed by atoms with E-state index in [0.29, 0.717) is 11.5 Å². The molecule has 3 rings (SSSR count). The molecule has 2 aromatic heterocycles. The molecule has 9 nitrogen and oxygen atoms in total. The number of likely N-dealkylation sites (tertiary alicyclic amines) is 1. The number of amides is 1. The summed E-state index contributed by atoms with van der Waals surface area (Å²) in [6.45, 7) is 8.54. The van der Waals surface area contributed by atoms with Gasteiger partial charge in [0, 0.05) is 31.3 Å². The molecule has 162 valence electrons. The lowest BCUT2D eigenvalue weighted by Crippen LogP contribution is -2.47. The zero-order chi connectivity index (χ0) is 22.1. The van der Waals surface area contributed by atoms with Crippen molar-refractivity contribution in [2.45, 2.75) is 52.5 Å². The van der Waals surface area contributed by atoms with Crippen molar-refractivity contribution in [3.05, 3.63) is 35.7 Å². The summed E-state index contributed by atoms with van der Waals surface area (Å²) in [5.74, 6) is 0.517. The van der Waals surface area contributed by atoms with Crippen molar-refractivity contribution < 1.29 is 19.8 Å². The summed E-state index contributed by atoms with van der Waals surface area (Å²) >= 11 is 0. The van der Waals surface area contributed by atoms with Gasteiger partial charge in [-0.15, -0.1) is 0 Å². The molecule has 30 heavy (non-hydrogen) atoms. The number of hydrogen-bond acceptors (Lipinski definition) is 5. The Bertz CT molecular complexity index is 939. The molecule has 1 aliphatic heterocycles. The first kappa shape index (κ1) is 21.6. The highest BCUT2D eigenvalue weighted by atomic mass is 16.4. The summed E-state index contributed by atoms with van der Waals surface area (Å²) in [5, 5.41) is 26.9. The summed E-state index contributed by atoms with van der Waals surface area (Å²) in [6.07, 6.45) is -0.222. The van der Waals surface area contributed by atoms with E-state index in [1.807, 2.05) is 35.9 Å². The Morgan fingerprint density at radius 1 is 1.20 bits per heavy atom.